The van der Waals surface area contributed by atoms with Gasteiger partial charge in [0.1, 0.15) is 6.10 Å². The first-order valence-corrected chi connectivity index (χ1v) is 6.95. The first kappa shape index (κ1) is 20.4. The monoisotopic (exact) mass is 330 g/mol. The van der Waals surface area contributed by atoms with Gasteiger partial charge in [0.05, 0.1) is 13.0 Å². The molecule has 6 nitrogen and oxygen atoms in total. The lowest BCUT2D eigenvalue weighted by Gasteiger charge is -2.18. The Hall–Kier alpha value is -1.63. The number of carbonyl (C=O) groups is 2. The Balaban J connectivity index is 0.00000441. The van der Waals surface area contributed by atoms with Crippen LogP contribution in [0.25, 0.3) is 0 Å². The van der Waals surface area contributed by atoms with Crippen LogP contribution in [0.15, 0.2) is 30.3 Å². The van der Waals surface area contributed by atoms with Crippen molar-refractivity contribution in [2.75, 3.05) is 13.2 Å². The van der Waals surface area contributed by atoms with Gasteiger partial charge in [-0.25, -0.2) is 0 Å². The fourth-order valence-corrected chi connectivity index (χ4v) is 1.82. The molecule has 0 aliphatic rings. The smallest absolute Gasteiger partial charge is 0.307 e. The Labute approximate surface area is 136 Å². The van der Waals surface area contributed by atoms with Crippen LogP contribution < -0.4 is 11.1 Å². The average molecular weight is 331 g/mol. The molecule has 0 saturated carbocycles. The van der Waals surface area contributed by atoms with E-state index in [1.54, 1.807) is 6.92 Å². The summed E-state index contributed by atoms with van der Waals surface area (Å²) >= 11 is 0. The Morgan fingerprint density at radius 1 is 1.32 bits per heavy atom. The Kier molecular flexibility index (Phi) is 10.2. The van der Waals surface area contributed by atoms with Gasteiger partial charge in [0, 0.05) is 12.6 Å². The molecule has 4 N–H and O–H groups in total. The van der Waals surface area contributed by atoms with Gasteiger partial charge in [-0.05, 0) is 18.9 Å². The van der Waals surface area contributed by atoms with Gasteiger partial charge in [-0.1, -0.05) is 30.3 Å². The van der Waals surface area contributed by atoms with E-state index >= 15 is 0 Å². The van der Waals surface area contributed by atoms with Crippen molar-refractivity contribution in [3.8, 4) is 0 Å². The van der Waals surface area contributed by atoms with Gasteiger partial charge in [0.25, 0.3) is 0 Å². The van der Waals surface area contributed by atoms with Gasteiger partial charge < -0.3 is 20.9 Å². The molecule has 1 aromatic carbocycles. The Morgan fingerprint density at radius 2 is 1.95 bits per heavy atom. The highest BCUT2D eigenvalue weighted by Crippen LogP contribution is 2.04. The molecule has 0 radical (unpaired) electrons. The van der Waals surface area contributed by atoms with Crippen molar-refractivity contribution in [2.24, 2.45) is 5.73 Å². The lowest BCUT2D eigenvalue weighted by Crippen LogP contribution is -2.47. The third kappa shape index (κ3) is 7.40. The quantitative estimate of drug-likeness (QED) is 0.599. The van der Waals surface area contributed by atoms with E-state index < -0.39 is 18.1 Å². The number of nitrogens with two attached hydrogens (primary N) is 1. The summed E-state index contributed by atoms with van der Waals surface area (Å²) in [7, 11) is 0. The van der Waals surface area contributed by atoms with Crippen molar-refractivity contribution < 1.29 is 19.4 Å². The van der Waals surface area contributed by atoms with Crippen LogP contribution in [-0.4, -0.2) is 42.3 Å². The minimum Gasteiger partial charge on any atom is -0.466 e. The van der Waals surface area contributed by atoms with Crippen LogP contribution in [-0.2, 0) is 20.7 Å². The number of amides is 1. The maximum absolute atomic E-state index is 11.7. The maximum atomic E-state index is 11.7. The predicted octanol–water partition coefficient (Wildman–Crippen LogP) is 0.409. The van der Waals surface area contributed by atoms with E-state index in [1.165, 1.54) is 0 Å². The summed E-state index contributed by atoms with van der Waals surface area (Å²) in [5, 5.41) is 12.3. The SMILES string of the molecule is CCOC(=O)CCNC(=O)C(O)[C@H](N)Cc1ccccc1.Cl. The van der Waals surface area contributed by atoms with Gasteiger partial charge in [0.2, 0.25) is 5.91 Å². The lowest BCUT2D eigenvalue weighted by molar-refractivity contribution is -0.143. The Morgan fingerprint density at radius 3 is 2.55 bits per heavy atom. The predicted molar refractivity (Wildman–Crippen MR) is 85.6 cm³/mol. The fraction of sp³-hybridized carbons (Fsp3) is 0.467. The number of ether oxygens (including phenoxy) is 1. The molecule has 22 heavy (non-hydrogen) atoms. The van der Waals surface area contributed by atoms with Crippen LogP contribution in [0, 0.1) is 0 Å². The van der Waals surface area contributed by atoms with Crippen LogP contribution in [0.4, 0.5) is 0 Å². The summed E-state index contributed by atoms with van der Waals surface area (Å²) in [6.07, 6.45) is -0.847. The molecule has 0 heterocycles. The topological polar surface area (TPSA) is 102 Å². The molecular weight excluding hydrogens is 308 g/mol. The second-order valence-electron chi connectivity index (χ2n) is 4.64. The molecule has 1 unspecified atom stereocenters. The summed E-state index contributed by atoms with van der Waals surface area (Å²) in [6, 6.07) is 8.68. The minimum atomic E-state index is -1.31. The summed E-state index contributed by atoms with van der Waals surface area (Å²) in [4.78, 5) is 22.8. The maximum Gasteiger partial charge on any atom is 0.307 e. The third-order valence-corrected chi connectivity index (χ3v) is 2.92. The van der Waals surface area contributed by atoms with Crippen LogP contribution in [0.2, 0.25) is 0 Å². The van der Waals surface area contributed by atoms with E-state index in [1.807, 2.05) is 30.3 Å². The van der Waals surface area contributed by atoms with Crippen molar-refractivity contribution in [1.82, 2.24) is 5.32 Å². The highest BCUT2D eigenvalue weighted by molar-refractivity contribution is 5.85. The molecular formula is C15H23ClN2O4. The molecule has 7 heteroatoms. The zero-order chi connectivity index (χ0) is 15.7. The minimum absolute atomic E-state index is 0. The number of benzene rings is 1. The first-order chi connectivity index (χ1) is 10.0. The molecule has 124 valence electrons. The number of carbonyl (C=O) groups excluding carboxylic acids is 2. The van der Waals surface area contributed by atoms with E-state index in [2.05, 4.69) is 5.32 Å². The van der Waals surface area contributed by atoms with E-state index in [-0.39, 0.29) is 31.3 Å². The van der Waals surface area contributed by atoms with Crippen molar-refractivity contribution >= 4 is 24.3 Å². The summed E-state index contributed by atoms with van der Waals surface area (Å²) in [5.74, 6) is -0.969. The first-order valence-electron chi connectivity index (χ1n) is 6.95. The third-order valence-electron chi connectivity index (χ3n) is 2.92. The lowest BCUT2D eigenvalue weighted by atomic mass is 10.0. The van der Waals surface area contributed by atoms with E-state index in [9.17, 15) is 14.7 Å². The van der Waals surface area contributed by atoms with Crippen molar-refractivity contribution in [3.05, 3.63) is 35.9 Å². The zero-order valence-electron chi connectivity index (χ0n) is 12.5. The molecule has 0 spiro atoms. The molecule has 0 fully saturated rings. The Bertz CT molecular complexity index is 456. The van der Waals surface area contributed by atoms with Gasteiger partial charge in [-0.15, -0.1) is 12.4 Å². The number of aliphatic hydroxyl groups is 1. The molecule has 0 saturated heterocycles. The van der Waals surface area contributed by atoms with Gasteiger partial charge >= 0.3 is 5.97 Å². The highest BCUT2D eigenvalue weighted by Gasteiger charge is 2.22. The van der Waals surface area contributed by atoms with E-state index in [0.717, 1.165) is 5.56 Å². The van der Waals surface area contributed by atoms with Crippen LogP contribution in [0.3, 0.4) is 0 Å². The molecule has 1 rings (SSSR count). The summed E-state index contributed by atoms with van der Waals surface area (Å²) in [6.45, 7) is 2.13. The van der Waals surface area contributed by atoms with Crippen molar-refractivity contribution in [3.63, 3.8) is 0 Å². The van der Waals surface area contributed by atoms with E-state index in [0.29, 0.717) is 13.0 Å². The number of aliphatic hydroxyl groups excluding tert-OH is 1. The summed E-state index contributed by atoms with van der Waals surface area (Å²) < 4.78 is 4.73. The fourth-order valence-electron chi connectivity index (χ4n) is 1.82. The van der Waals surface area contributed by atoms with Crippen molar-refractivity contribution in [2.45, 2.75) is 31.9 Å². The number of halogens is 1. The van der Waals surface area contributed by atoms with Crippen LogP contribution in [0.5, 0.6) is 0 Å². The molecule has 2 atom stereocenters. The number of hydrogen-bond donors (Lipinski definition) is 3. The molecule has 1 amide bonds. The van der Waals surface area contributed by atoms with E-state index in [4.69, 9.17) is 10.5 Å². The number of rotatable bonds is 8. The molecule has 0 aliphatic heterocycles. The number of hydrogen-bond acceptors (Lipinski definition) is 5. The highest BCUT2D eigenvalue weighted by atomic mass is 35.5. The van der Waals surface area contributed by atoms with Crippen LogP contribution >= 0.6 is 12.4 Å². The average Bonchev–Trinajstić information content (AvgIpc) is 2.47. The molecule has 0 aliphatic carbocycles. The molecule has 1 aromatic rings. The van der Waals surface area contributed by atoms with Gasteiger partial charge in [0.15, 0.2) is 0 Å². The van der Waals surface area contributed by atoms with Crippen LogP contribution in [0.1, 0.15) is 18.9 Å². The second-order valence-corrected chi connectivity index (χ2v) is 4.64. The van der Waals surface area contributed by atoms with Gasteiger partial charge in [-0.3, -0.25) is 9.59 Å². The number of esters is 1. The normalized spacial score (nSPS) is 12.7. The summed E-state index contributed by atoms with van der Waals surface area (Å²) in [5.41, 5.74) is 6.77. The largest absolute Gasteiger partial charge is 0.466 e. The van der Waals surface area contributed by atoms with Crippen molar-refractivity contribution in [1.29, 1.82) is 0 Å². The zero-order valence-corrected chi connectivity index (χ0v) is 13.3. The molecule has 0 aromatic heterocycles. The number of nitrogens with one attached hydrogen (secondary N) is 1. The molecule has 0 bridgehead atoms. The standard InChI is InChI=1S/C15H22N2O4.ClH/c1-2-21-13(18)8-9-17-15(20)14(19)12(16)10-11-6-4-3-5-7-11;/h3-7,12,14,19H,2,8-10,16H2,1H3,(H,17,20);1H/t12-,14?;/m1./s1. The van der Waals surface area contributed by atoms with Gasteiger partial charge in [-0.2, -0.15) is 0 Å². The second kappa shape index (κ2) is 11.0.